The van der Waals surface area contributed by atoms with Gasteiger partial charge in [0.2, 0.25) is 21.8 Å². The van der Waals surface area contributed by atoms with E-state index in [2.05, 4.69) is 10.2 Å². The van der Waals surface area contributed by atoms with E-state index in [9.17, 15) is 18.0 Å². The van der Waals surface area contributed by atoms with Gasteiger partial charge in [-0.15, -0.1) is 0 Å². The van der Waals surface area contributed by atoms with E-state index in [1.54, 1.807) is 18.2 Å². The molecule has 3 aliphatic heterocycles. The third kappa shape index (κ3) is 4.67. The highest BCUT2D eigenvalue weighted by Crippen LogP contribution is 2.34. The van der Waals surface area contributed by atoms with Gasteiger partial charge in [-0.1, -0.05) is 12.8 Å². The summed E-state index contributed by atoms with van der Waals surface area (Å²) in [6.45, 7) is 3.58. The second kappa shape index (κ2) is 9.83. The molecule has 1 saturated carbocycles. The maximum Gasteiger partial charge on any atom is 0.243 e. The van der Waals surface area contributed by atoms with Crippen molar-refractivity contribution in [2.24, 2.45) is 5.92 Å². The maximum absolute atomic E-state index is 13.3. The number of hydrogen-bond acceptors (Lipinski definition) is 6. The number of carbonyl (C=O) groups is 2. The summed E-state index contributed by atoms with van der Waals surface area (Å²) >= 11 is 0. The molecule has 1 unspecified atom stereocenters. The SMILES string of the molecule is O=C(Nc1cc(S(=O)(=O)N2CCOCC2)ccc1N1CCCC1)C1CC(=O)N(C2CCCC2)C1. The van der Waals surface area contributed by atoms with Gasteiger partial charge in [-0.2, -0.15) is 4.31 Å². The number of rotatable bonds is 6. The highest BCUT2D eigenvalue weighted by molar-refractivity contribution is 7.89. The zero-order chi connectivity index (χ0) is 23.7. The van der Waals surface area contributed by atoms with E-state index in [1.807, 2.05) is 4.90 Å². The van der Waals surface area contributed by atoms with Crippen molar-refractivity contribution in [3.8, 4) is 0 Å². The number of sulfonamides is 1. The van der Waals surface area contributed by atoms with Crippen LogP contribution >= 0.6 is 0 Å². The van der Waals surface area contributed by atoms with Crippen LogP contribution in [0, 0.1) is 5.92 Å². The van der Waals surface area contributed by atoms with Crippen LogP contribution in [0.5, 0.6) is 0 Å². The van der Waals surface area contributed by atoms with E-state index in [0.717, 1.165) is 57.3 Å². The topological polar surface area (TPSA) is 99.3 Å². The Labute approximate surface area is 201 Å². The minimum atomic E-state index is -3.69. The van der Waals surface area contributed by atoms with Crippen molar-refractivity contribution in [3.05, 3.63) is 18.2 Å². The van der Waals surface area contributed by atoms with Gasteiger partial charge in [0, 0.05) is 45.2 Å². The van der Waals surface area contributed by atoms with Gasteiger partial charge in [-0.05, 0) is 43.9 Å². The molecule has 5 rings (SSSR count). The van der Waals surface area contributed by atoms with Crippen LogP contribution in [0.1, 0.15) is 44.9 Å². The Morgan fingerprint density at radius 1 is 1.00 bits per heavy atom. The van der Waals surface area contributed by atoms with Crippen LogP contribution in [0.25, 0.3) is 0 Å². The third-order valence-electron chi connectivity index (χ3n) is 7.58. The van der Waals surface area contributed by atoms with E-state index in [0.29, 0.717) is 38.5 Å². The molecule has 1 atom stereocenters. The van der Waals surface area contributed by atoms with Crippen molar-refractivity contribution in [2.75, 3.05) is 56.2 Å². The van der Waals surface area contributed by atoms with Crippen LogP contribution in [-0.2, 0) is 24.3 Å². The lowest BCUT2D eigenvalue weighted by Gasteiger charge is -2.27. The molecule has 1 N–H and O–H groups in total. The van der Waals surface area contributed by atoms with E-state index >= 15 is 0 Å². The molecular weight excluding hydrogens is 456 g/mol. The molecule has 2 amide bonds. The summed E-state index contributed by atoms with van der Waals surface area (Å²) in [6, 6.07) is 5.28. The van der Waals surface area contributed by atoms with Crippen LogP contribution in [-0.4, -0.2) is 81.4 Å². The lowest BCUT2D eigenvalue weighted by molar-refractivity contribution is -0.129. The molecule has 10 heteroatoms. The van der Waals surface area contributed by atoms with Crippen molar-refractivity contribution in [2.45, 2.75) is 55.9 Å². The highest BCUT2D eigenvalue weighted by Gasteiger charge is 2.39. The first kappa shape index (κ1) is 23.6. The Morgan fingerprint density at radius 3 is 2.41 bits per heavy atom. The molecule has 3 heterocycles. The fourth-order valence-electron chi connectivity index (χ4n) is 5.66. The van der Waals surface area contributed by atoms with Gasteiger partial charge in [0.05, 0.1) is 35.4 Å². The minimum Gasteiger partial charge on any atom is -0.379 e. The molecule has 0 bridgehead atoms. The Kier molecular flexibility index (Phi) is 6.81. The summed E-state index contributed by atoms with van der Waals surface area (Å²) in [6.07, 6.45) is 6.64. The summed E-state index contributed by atoms with van der Waals surface area (Å²) in [4.78, 5) is 30.1. The van der Waals surface area contributed by atoms with Gasteiger partial charge in [0.25, 0.3) is 0 Å². The number of carbonyl (C=O) groups excluding carboxylic acids is 2. The molecule has 4 aliphatic rings. The lowest BCUT2D eigenvalue weighted by Crippen LogP contribution is -2.40. The number of morpholine rings is 1. The smallest absolute Gasteiger partial charge is 0.243 e. The number of nitrogens with one attached hydrogen (secondary N) is 1. The largest absolute Gasteiger partial charge is 0.379 e. The van der Waals surface area contributed by atoms with Gasteiger partial charge in [-0.25, -0.2) is 8.42 Å². The summed E-state index contributed by atoms with van der Waals surface area (Å²) in [5.41, 5.74) is 1.34. The summed E-state index contributed by atoms with van der Waals surface area (Å²) in [5.74, 6) is -0.579. The molecule has 0 radical (unpaired) electrons. The molecular formula is C24H34N4O5S. The van der Waals surface area contributed by atoms with E-state index < -0.39 is 15.9 Å². The van der Waals surface area contributed by atoms with Gasteiger partial charge in [0.1, 0.15) is 0 Å². The first-order valence-electron chi connectivity index (χ1n) is 12.5. The zero-order valence-electron chi connectivity index (χ0n) is 19.6. The molecule has 1 aliphatic carbocycles. The predicted octanol–water partition coefficient (Wildman–Crippen LogP) is 2.04. The van der Waals surface area contributed by atoms with Crippen molar-refractivity contribution in [1.82, 2.24) is 9.21 Å². The Bertz CT molecular complexity index is 1030. The summed E-state index contributed by atoms with van der Waals surface area (Å²) in [7, 11) is -3.69. The standard InChI is InChI=1S/C24H34N4O5S/c29-23-15-18(17-28(23)19-5-1-2-6-19)24(30)25-21-16-20(7-8-22(21)26-9-3-4-10-26)34(31,32)27-11-13-33-14-12-27/h7-8,16,18-19H,1-6,9-15,17H2,(H,25,30). The lowest BCUT2D eigenvalue weighted by atomic mass is 10.1. The van der Waals surface area contributed by atoms with Crippen LogP contribution in [0.4, 0.5) is 11.4 Å². The third-order valence-corrected chi connectivity index (χ3v) is 9.47. The number of amides is 2. The summed E-state index contributed by atoms with van der Waals surface area (Å²) in [5, 5.41) is 3.01. The Balaban J connectivity index is 1.38. The summed E-state index contributed by atoms with van der Waals surface area (Å²) < 4.78 is 33.2. The molecule has 1 aromatic rings. The molecule has 4 fully saturated rings. The van der Waals surface area contributed by atoms with Crippen molar-refractivity contribution in [1.29, 1.82) is 0 Å². The average Bonchev–Trinajstić information content (AvgIpc) is 3.61. The number of likely N-dealkylation sites (tertiary alicyclic amines) is 1. The molecule has 186 valence electrons. The van der Waals surface area contributed by atoms with E-state index in [1.165, 1.54) is 4.31 Å². The van der Waals surface area contributed by atoms with Gasteiger partial charge in [-0.3, -0.25) is 9.59 Å². The quantitative estimate of drug-likeness (QED) is 0.655. The first-order valence-corrected chi connectivity index (χ1v) is 13.9. The highest BCUT2D eigenvalue weighted by atomic mass is 32.2. The minimum absolute atomic E-state index is 0.0514. The number of nitrogens with zero attached hydrogens (tertiary/aromatic N) is 3. The Hall–Kier alpha value is -2.17. The second-order valence-corrected chi connectivity index (χ2v) is 11.7. The molecule has 3 saturated heterocycles. The zero-order valence-corrected chi connectivity index (χ0v) is 20.4. The predicted molar refractivity (Wildman–Crippen MR) is 128 cm³/mol. The fraction of sp³-hybridized carbons (Fsp3) is 0.667. The van der Waals surface area contributed by atoms with Crippen LogP contribution in [0.15, 0.2) is 23.1 Å². The Morgan fingerprint density at radius 2 is 1.71 bits per heavy atom. The number of benzene rings is 1. The van der Waals surface area contributed by atoms with Gasteiger partial charge < -0.3 is 19.9 Å². The number of hydrogen-bond donors (Lipinski definition) is 1. The maximum atomic E-state index is 13.3. The molecule has 34 heavy (non-hydrogen) atoms. The van der Waals surface area contributed by atoms with Gasteiger partial charge >= 0.3 is 0 Å². The van der Waals surface area contributed by atoms with E-state index in [-0.39, 0.29) is 29.2 Å². The number of anilines is 2. The first-order chi connectivity index (χ1) is 16.4. The normalized spacial score (nSPS) is 24.8. The van der Waals surface area contributed by atoms with Crippen LogP contribution in [0.2, 0.25) is 0 Å². The molecule has 0 aromatic heterocycles. The monoisotopic (exact) mass is 490 g/mol. The molecule has 9 nitrogen and oxygen atoms in total. The van der Waals surface area contributed by atoms with Crippen molar-refractivity contribution < 1.29 is 22.7 Å². The van der Waals surface area contributed by atoms with Crippen LogP contribution < -0.4 is 10.2 Å². The molecule has 0 spiro atoms. The average molecular weight is 491 g/mol. The second-order valence-electron chi connectivity index (χ2n) is 9.76. The van der Waals surface area contributed by atoms with Gasteiger partial charge in [0.15, 0.2) is 0 Å². The van der Waals surface area contributed by atoms with Crippen LogP contribution in [0.3, 0.4) is 0 Å². The fourth-order valence-corrected chi connectivity index (χ4v) is 7.09. The number of ether oxygens (including phenoxy) is 1. The van der Waals surface area contributed by atoms with Crippen molar-refractivity contribution in [3.63, 3.8) is 0 Å². The van der Waals surface area contributed by atoms with Crippen molar-refractivity contribution >= 4 is 33.2 Å². The molecule has 1 aromatic carbocycles. The van der Waals surface area contributed by atoms with E-state index in [4.69, 9.17) is 4.74 Å².